The lowest BCUT2D eigenvalue weighted by molar-refractivity contribution is -0.0516. The average Bonchev–Trinajstić information content (AvgIpc) is 2.47. The molecule has 0 radical (unpaired) electrons. The normalized spacial score (nSPS) is 18.8. The SMILES string of the molecule is CCc1nc(C2(OC)CCCCC2)ncc1CCl. The highest BCUT2D eigenvalue weighted by Crippen LogP contribution is 2.38. The van der Waals surface area contributed by atoms with Crippen LogP contribution in [0.4, 0.5) is 0 Å². The fraction of sp³-hybridized carbons (Fsp3) is 0.714. The summed E-state index contributed by atoms with van der Waals surface area (Å²) in [6, 6.07) is 0. The fourth-order valence-corrected chi connectivity index (χ4v) is 2.94. The topological polar surface area (TPSA) is 35.0 Å². The molecule has 1 aromatic rings. The highest BCUT2D eigenvalue weighted by atomic mass is 35.5. The molecule has 1 fully saturated rings. The molecule has 1 heterocycles. The summed E-state index contributed by atoms with van der Waals surface area (Å²) < 4.78 is 5.78. The molecule has 0 N–H and O–H groups in total. The van der Waals surface area contributed by atoms with Gasteiger partial charge in [0.15, 0.2) is 5.82 Å². The largest absolute Gasteiger partial charge is 0.370 e. The lowest BCUT2D eigenvalue weighted by atomic mass is 9.84. The number of hydrogen-bond acceptors (Lipinski definition) is 3. The average molecular weight is 269 g/mol. The van der Waals surface area contributed by atoms with Gasteiger partial charge in [-0.1, -0.05) is 26.2 Å². The van der Waals surface area contributed by atoms with Crippen molar-refractivity contribution in [1.82, 2.24) is 9.97 Å². The van der Waals surface area contributed by atoms with E-state index in [0.717, 1.165) is 36.3 Å². The van der Waals surface area contributed by atoms with Crippen LogP contribution in [0.5, 0.6) is 0 Å². The molecule has 0 unspecified atom stereocenters. The van der Waals surface area contributed by atoms with Crippen molar-refractivity contribution in [3.63, 3.8) is 0 Å². The van der Waals surface area contributed by atoms with Gasteiger partial charge in [0.25, 0.3) is 0 Å². The highest BCUT2D eigenvalue weighted by Gasteiger charge is 2.36. The summed E-state index contributed by atoms with van der Waals surface area (Å²) in [5, 5.41) is 0. The van der Waals surface area contributed by atoms with Crippen LogP contribution in [0.3, 0.4) is 0 Å². The summed E-state index contributed by atoms with van der Waals surface area (Å²) in [5.74, 6) is 1.32. The van der Waals surface area contributed by atoms with Crippen LogP contribution >= 0.6 is 11.6 Å². The third kappa shape index (κ3) is 2.52. The predicted molar refractivity (Wildman–Crippen MR) is 72.7 cm³/mol. The Morgan fingerprint density at radius 2 is 2.06 bits per heavy atom. The van der Waals surface area contributed by atoms with Crippen LogP contribution in [0.1, 0.15) is 56.1 Å². The van der Waals surface area contributed by atoms with E-state index in [1.54, 1.807) is 7.11 Å². The predicted octanol–water partition coefficient (Wildman–Crippen LogP) is 3.58. The molecule has 1 aromatic heterocycles. The third-order valence-corrected chi connectivity index (χ3v) is 4.18. The van der Waals surface area contributed by atoms with Crippen molar-refractivity contribution in [2.45, 2.75) is 56.9 Å². The number of nitrogens with zero attached hydrogens (tertiary/aromatic N) is 2. The Morgan fingerprint density at radius 1 is 1.33 bits per heavy atom. The molecule has 0 saturated heterocycles. The molecule has 18 heavy (non-hydrogen) atoms. The van der Waals surface area contributed by atoms with Crippen molar-refractivity contribution < 1.29 is 4.74 Å². The van der Waals surface area contributed by atoms with E-state index in [1.807, 2.05) is 6.20 Å². The van der Waals surface area contributed by atoms with Crippen molar-refractivity contribution in [2.24, 2.45) is 0 Å². The van der Waals surface area contributed by atoms with E-state index in [-0.39, 0.29) is 5.60 Å². The number of methoxy groups -OCH3 is 1. The fourth-order valence-electron chi connectivity index (χ4n) is 2.72. The first-order chi connectivity index (χ1) is 8.75. The lowest BCUT2D eigenvalue weighted by Gasteiger charge is -2.34. The monoisotopic (exact) mass is 268 g/mol. The molecule has 0 aromatic carbocycles. The van der Waals surface area contributed by atoms with E-state index in [1.165, 1.54) is 19.3 Å². The van der Waals surface area contributed by atoms with Crippen molar-refractivity contribution in [1.29, 1.82) is 0 Å². The lowest BCUT2D eigenvalue weighted by Crippen LogP contribution is -2.33. The van der Waals surface area contributed by atoms with Crippen LogP contribution in [0.25, 0.3) is 0 Å². The second-order valence-corrected chi connectivity index (χ2v) is 5.18. The molecule has 1 saturated carbocycles. The van der Waals surface area contributed by atoms with E-state index in [0.29, 0.717) is 5.88 Å². The number of hydrogen-bond donors (Lipinski definition) is 0. The minimum Gasteiger partial charge on any atom is -0.370 e. The van der Waals surface area contributed by atoms with Gasteiger partial charge in [-0.15, -0.1) is 11.6 Å². The molecule has 0 amide bonds. The maximum atomic E-state index is 5.91. The molecule has 0 bridgehead atoms. The number of aryl methyl sites for hydroxylation is 1. The zero-order chi connectivity index (χ0) is 13.0. The van der Waals surface area contributed by atoms with E-state index < -0.39 is 0 Å². The van der Waals surface area contributed by atoms with Gasteiger partial charge in [-0.3, -0.25) is 0 Å². The molecule has 0 spiro atoms. The second kappa shape index (κ2) is 5.98. The molecular formula is C14H21ClN2O. The van der Waals surface area contributed by atoms with Gasteiger partial charge in [-0.2, -0.15) is 0 Å². The number of aromatic nitrogens is 2. The van der Waals surface area contributed by atoms with Crippen LogP contribution < -0.4 is 0 Å². The van der Waals surface area contributed by atoms with E-state index in [9.17, 15) is 0 Å². The van der Waals surface area contributed by atoms with Crippen molar-refractivity contribution in [3.8, 4) is 0 Å². The smallest absolute Gasteiger partial charge is 0.160 e. The van der Waals surface area contributed by atoms with Crippen LogP contribution in [0.2, 0.25) is 0 Å². The van der Waals surface area contributed by atoms with Gasteiger partial charge in [-0.25, -0.2) is 9.97 Å². The Morgan fingerprint density at radius 3 is 2.61 bits per heavy atom. The molecule has 4 heteroatoms. The van der Waals surface area contributed by atoms with Crippen LogP contribution in [0.15, 0.2) is 6.20 Å². The van der Waals surface area contributed by atoms with Gasteiger partial charge >= 0.3 is 0 Å². The number of alkyl halides is 1. The Hall–Kier alpha value is -0.670. The van der Waals surface area contributed by atoms with Crippen molar-refractivity contribution >= 4 is 11.6 Å². The number of halogens is 1. The Bertz CT molecular complexity index is 403. The number of ether oxygens (including phenoxy) is 1. The van der Waals surface area contributed by atoms with E-state index >= 15 is 0 Å². The van der Waals surface area contributed by atoms with E-state index in [4.69, 9.17) is 21.3 Å². The minimum absolute atomic E-state index is 0.271. The van der Waals surface area contributed by atoms with Crippen LogP contribution in [-0.2, 0) is 22.6 Å². The molecule has 0 atom stereocenters. The van der Waals surface area contributed by atoms with Gasteiger partial charge < -0.3 is 4.74 Å². The molecule has 0 aliphatic heterocycles. The summed E-state index contributed by atoms with van der Waals surface area (Å²) in [4.78, 5) is 9.21. The number of rotatable bonds is 4. The highest BCUT2D eigenvalue weighted by molar-refractivity contribution is 6.17. The maximum Gasteiger partial charge on any atom is 0.160 e. The van der Waals surface area contributed by atoms with Gasteiger partial charge in [0, 0.05) is 24.6 Å². The molecule has 3 nitrogen and oxygen atoms in total. The third-order valence-electron chi connectivity index (χ3n) is 3.89. The van der Waals surface area contributed by atoms with Crippen molar-refractivity contribution in [2.75, 3.05) is 7.11 Å². The van der Waals surface area contributed by atoms with Crippen LogP contribution in [0, 0.1) is 0 Å². The summed E-state index contributed by atoms with van der Waals surface area (Å²) in [5.41, 5.74) is 1.81. The first-order valence-corrected chi connectivity index (χ1v) is 7.25. The Kier molecular flexibility index (Phi) is 4.57. The summed E-state index contributed by atoms with van der Waals surface area (Å²) in [7, 11) is 1.77. The molecule has 2 rings (SSSR count). The molecule has 100 valence electrons. The zero-order valence-corrected chi connectivity index (χ0v) is 12.0. The van der Waals surface area contributed by atoms with Crippen LogP contribution in [-0.4, -0.2) is 17.1 Å². The minimum atomic E-state index is -0.271. The summed E-state index contributed by atoms with van der Waals surface area (Å²) >= 11 is 5.91. The molecule has 1 aliphatic carbocycles. The van der Waals surface area contributed by atoms with Gasteiger partial charge in [0.1, 0.15) is 5.60 Å². The molecular weight excluding hydrogens is 248 g/mol. The Balaban J connectivity index is 2.36. The quantitative estimate of drug-likeness (QED) is 0.783. The molecule has 1 aliphatic rings. The standard InChI is InChI=1S/C14H21ClN2O/c1-3-12-11(9-15)10-16-13(17-12)14(18-2)7-5-4-6-8-14/h10H,3-9H2,1-2H3. The van der Waals surface area contributed by atoms with Gasteiger partial charge in [-0.05, 0) is 19.3 Å². The first kappa shape index (κ1) is 13.8. The summed E-state index contributed by atoms with van der Waals surface area (Å²) in [6.07, 6.45) is 8.46. The summed E-state index contributed by atoms with van der Waals surface area (Å²) in [6.45, 7) is 2.10. The van der Waals surface area contributed by atoms with E-state index in [2.05, 4.69) is 11.9 Å². The van der Waals surface area contributed by atoms with Gasteiger partial charge in [0.05, 0.1) is 5.88 Å². The second-order valence-electron chi connectivity index (χ2n) is 4.91. The van der Waals surface area contributed by atoms with Crippen molar-refractivity contribution in [3.05, 3.63) is 23.3 Å². The first-order valence-electron chi connectivity index (χ1n) is 6.72. The zero-order valence-electron chi connectivity index (χ0n) is 11.2. The Labute approximate surface area is 114 Å². The van der Waals surface area contributed by atoms with Gasteiger partial charge in [0.2, 0.25) is 0 Å². The maximum absolute atomic E-state index is 5.91.